The Labute approximate surface area is 93.7 Å². The molecular formula is C11H11Cl2N. The summed E-state index contributed by atoms with van der Waals surface area (Å²) in [5.41, 5.74) is 0.992. The zero-order valence-corrected chi connectivity index (χ0v) is 9.15. The third-order valence-corrected chi connectivity index (χ3v) is 2.90. The summed E-state index contributed by atoms with van der Waals surface area (Å²) in [6, 6.07) is 5.50. The van der Waals surface area contributed by atoms with E-state index < -0.39 is 0 Å². The highest BCUT2D eigenvalue weighted by Crippen LogP contribution is 2.22. The van der Waals surface area contributed by atoms with E-state index in [1.54, 1.807) is 6.07 Å². The molecule has 1 saturated heterocycles. The lowest BCUT2D eigenvalue weighted by Gasteiger charge is -2.23. The summed E-state index contributed by atoms with van der Waals surface area (Å²) >= 11 is 11.9. The summed E-state index contributed by atoms with van der Waals surface area (Å²) < 4.78 is 0. The van der Waals surface area contributed by atoms with Crippen LogP contribution in [0.25, 0.3) is 6.08 Å². The van der Waals surface area contributed by atoms with Gasteiger partial charge < -0.3 is 5.32 Å². The minimum atomic E-state index is 0.644. The molecule has 1 aliphatic rings. The van der Waals surface area contributed by atoms with Crippen LogP contribution in [0.15, 0.2) is 24.3 Å². The van der Waals surface area contributed by atoms with E-state index in [1.165, 1.54) is 0 Å². The molecule has 1 N–H and O–H groups in total. The molecule has 0 spiro atoms. The highest BCUT2D eigenvalue weighted by molar-refractivity contribution is 6.34. The van der Waals surface area contributed by atoms with Crippen molar-refractivity contribution in [2.45, 2.75) is 0 Å². The van der Waals surface area contributed by atoms with Gasteiger partial charge in [0, 0.05) is 29.1 Å². The van der Waals surface area contributed by atoms with Gasteiger partial charge in [0.25, 0.3) is 0 Å². The molecule has 0 radical (unpaired) electrons. The van der Waals surface area contributed by atoms with Gasteiger partial charge in [-0.3, -0.25) is 0 Å². The van der Waals surface area contributed by atoms with E-state index in [9.17, 15) is 0 Å². The highest BCUT2D eigenvalue weighted by Gasteiger charge is 2.12. The average molecular weight is 228 g/mol. The average Bonchev–Trinajstić information content (AvgIpc) is 2.08. The Morgan fingerprint density at radius 3 is 2.71 bits per heavy atom. The van der Waals surface area contributed by atoms with Crippen LogP contribution in [0, 0.1) is 5.92 Å². The molecular weight excluding hydrogens is 217 g/mol. The molecule has 1 aromatic carbocycles. The Hall–Kier alpha value is -0.500. The maximum absolute atomic E-state index is 6.02. The summed E-state index contributed by atoms with van der Waals surface area (Å²) in [4.78, 5) is 0. The minimum Gasteiger partial charge on any atom is -0.315 e. The topological polar surface area (TPSA) is 12.0 Å². The van der Waals surface area contributed by atoms with E-state index >= 15 is 0 Å². The second kappa shape index (κ2) is 4.35. The van der Waals surface area contributed by atoms with Crippen molar-refractivity contribution in [1.82, 2.24) is 5.32 Å². The second-order valence-corrected chi connectivity index (χ2v) is 4.29. The highest BCUT2D eigenvalue weighted by atomic mass is 35.5. The molecule has 1 nitrogen and oxygen atoms in total. The molecule has 2 rings (SSSR count). The molecule has 3 heteroatoms. The predicted octanol–water partition coefficient (Wildman–Crippen LogP) is 3.23. The van der Waals surface area contributed by atoms with Gasteiger partial charge in [0.05, 0.1) is 0 Å². The number of halogens is 2. The molecule has 1 aromatic rings. The third kappa shape index (κ3) is 2.30. The molecule has 0 saturated carbocycles. The molecule has 0 amide bonds. The van der Waals surface area contributed by atoms with E-state index in [-0.39, 0.29) is 0 Å². The Morgan fingerprint density at radius 2 is 2.07 bits per heavy atom. The van der Waals surface area contributed by atoms with E-state index in [4.69, 9.17) is 23.2 Å². The van der Waals surface area contributed by atoms with Crippen LogP contribution in [-0.4, -0.2) is 13.1 Å². The van der Waals surface area contributed by atoms with E-state index in [0.29, 0.717) is 5.92 Å². The summed E-state index contributed by atoms with van der Waals surface area (Å²) in [6.45, 7) is 2.13. The first-order valence-corrected chi connectivity index (χ1v) is 5.35. The Balaban J connectivity index is 2.14. The lowest BCUT2D eigenvalue weighted by molar-refractivity contribution is 0.420. The molecule has 74 valence electrons. The van der Waals surface area contributed by atoms with E-state index in [1.807, 2.05) is 18.2 Å². The smallest absolute Gasteiger partial charge is 0.0479 e. The summed E-state index contributed by atoms with van der Waals surface area (Å²) in [5.74, 6) is 0.644. The Morgan fingerprint density at radius 1 is 1.29 bits per heavy atom. The van der Waals surface area contributed by atoms with Crippen LogP contribution in [0.4, 0.5) is 0 Å². The molecule has 1 aliphatic heterocycles. The van der Waals surface area contributed by atoms with Crippen LogP contribution in [0.1, 0.15) is 5.56 Å². The van der Waals surface area contributed by atoms with Crippen molar-refractivity contribution in [3.63, 3.8) is 0 Å². The van der Waals surface area contributed by atoms with Crippen LogP contribution in [0.3, 0.4) is 0 Å². The lowest BCUT2D eigenvalue weighted by atomic mass is 10.0. The minimum absolute atomic E-state index is 0.644. The number of benzene rings is 1. The zero-order chi connectivity index (χ0) is 9.97. The van der Waals surface area contributed by atoms with Crippen LogP contribution < -0.4 is 5.32 Å². The summed E-state index contributed by atoms with van der Waals surface area (Å²) in [6.07, 6.45) is 4.22. The van der Waals surface area contributed by atoms with Gasteiger partial charge in [-0.2, -0.15) is 0 Å². The van der Waals surface area contributed by atoms with Gasteiger partial charge in [0.2, 0.25) is 0 Å². The van der Waals surface area contributed by atoms with E-state index in [0.717, 1.165) is 28.7 Å². The van der Waals surface area contributed by atoms with Gasteiger partial charge in [-0.1, -0.05) is 35.4 Å². The fourth-order valence-electron chi connectivity index (χ4n) is 1.33. The van der Waals surface area contributed by atoms with Crippen molar-refractivity contribution in [3.05, 3.63) is 39.9 Å². The fraction of sp³-hybridized carbons (Fsp3) is 0.273. The van der Waals surface area contributed by atoms with Crippen LogP contribution >= 0.6 is 23.2 Å². The molecule has 0 bridgehead atoms. The van der Waals surface area contributed by atoms with E-state index in [2.05, 4.69) is 11.4 Å². The summed E-state index contributed by atoms with van der Waals surface area (Å²) in [5, 5.41) is 4.68. The van der Waals surface area contributed by atoms with Gasteiger partial charge in [-0.25, -0.2) is 0 Å². The van der Waals surface area contributed by atoms with Crippen LogP contribution in [0.2, 0.25) is 10.0 Å². The standard InChI is InChI=1S/C11H11Cl2N/c12-10-3-4-11(13)9(5-10)2-1-8-6-14-7-8/h1-5,8,14H,6-7H2/b2-1+. The molecule has 0 unspecified atom stereocenters. The maximum Gasteiger partial charge on any atom is 0.0479 e. The molecule has 1 fully saturated rings. The number of rotatable bonds is 2. The van der Waals surface area contributed by atoms with Gasteiger partial charge in [0.1, 0.15) is 0 Å². The first-order valence-electron chi connectivity index (χ1n) is 4.59. The fourth-order valence-corrected chi connectivity index (χ4v) is 1.69. The molecule has 0 aliphatic carbocycles. The number of hydrogen-bond donors (Lipinski definition) is 1. The first-order chi connectivity index (χ1) is 6.75. The first kappa shape index (κ1) is 10.0. The van der Waals surface area contributed by atoms with Gasteiger partial charge in [-0.15, -0.1) is 0 Å². The lowest BCUT2D eigenvalue weighted by Crippen LogP contribution is -2.40. The van der Waals surface area contributed by atoms with Crippen molar-refractivity contribution in [1.29, 1.82) is 0 Å². The zero-order valence-electron chi connectivity index (χ0n) is 7.63. The SMILES string of the molecule is Clc1ccc(Cl)c(/C=C/C2CNC2)c1. The van der Waals surface area contributed by atoms with Crippen molar-refractivity contribution in [2.75, 3.05) is 13.1 Å². The van der Waals surface area contributed by atoms with Crippen LogP contribution in [0.5, 0.6) is 0 Å². The normalized spacial score (nSPS) is 17.3. The number of nitrogens with one attached hydrogen (secondary N) is 1. The third-order valence-electron chi connectivity index (χ3n) is 2.32. The van der Waals surface area contributed by atoms with Crippen molar-refractivity contribution >= 4 is 29.3 Å². The Kier molecular flexibility index (Phi) is 3.12. The molecule has 0 atom stereocenters. The van der Waals surface area contributed by atoms with Crippen molar-refractivity contribution in [2.24, 2.45) is 5.92 Å². The van der Waals surface area contributed by atoms with Crippen LogP contribution in [-0.2, 0) is 0 Å². The molecule has 1 heterocycles. The van der Waals surface area contributed by atoms with Gasteiger partial charge >= 0.3 is 0 Å². The monoisotopic (exact) mass is 227 g/mol. The molecule has 0 aromatic heterocycles. The predicted molar refractivity (Wildman–Crippen MR) is 61.9 cm³/mol. The number of hydrogen-bond acceptors (Lipinski definition) is 1. The Bertz CT molecular complexity index is 356. The second-order valence-electron chi connectivity index (χ2n) is 3.44. The van der Waals surface area contributed by atoms with Gasteiger partial charge in [0.15, 0.2) is 0 Å². The van der Waals surface area contributed by atoms with Gasteiger partial charge in [-0.05, 0) is 23.8 Å². The molecule has 14 heavy (non-hydrogen) atoms. The van der Waals surface area contributed by atoms with Crippen molar-refractivity contribution in [3.8, 4) is 0 Å². The largest absolute Gasteiger partial charge is 0.315 e. The summed E-state index contributed by atoms with van der Waals surface area (Å²) in [7, 11) is 0. The quantitative estimate of drug-likeness (QED) is 0.819. The maximum atomic E-state index is 6.02. The van der Waals surface area contributed by atoms with Crippen molar-refractivity contribution < 1.29 is 0 Å².